The third kappa shape index (κ3) is 4.09. The molecule has 0 spiro atoms. The van der Waals surface area contributed by atoms with Gasteiger partial charge in [-0.25, -0.2) is 9.97 Å². The molecular formula is C19H17Cl2N3O2S2. The third-order valence-corrected chi connectivity index (χ3v) is 6.85. The lowest BCUT2D eigenvalue weighted by Gasteiger charge is -2.22. The highest BCUT2D eigenvalue weighted by molar-refractivity contribution is 7.14. The minimum atomic E-state index is -0.0985. The van der Waals surface area contributed by atoms with E-state index >= 15 is 0 Å². The average Bonchev–Trinajstić information content (AvgIpc) is 3.41. The summed E-state index contributed by atoms with van der Waals surface area (Å²) in [5.74, 6) is -0.0985. The van der Waals surface area contributed by atoms with Crippen molar-refractivity contribution in [2.45, 2.75) is 25.9 Å². The van der Waals surface area contributed by atoms with Crippen molar-refractivity contribution in [3.8, 4) is 11.3 Å². The molecule has 1 aliphatic heterocycles. The molecule has 0 radical (unpaired) electrons. The number of amides is 1. The van der Waals surface area contributed by atoms with Crippen molar-refractivity contribution in [3.05, 3.63) is 49.7 Å². The lowest BCUT2D eigenvalue weighted by molar-refractivity contribution is 0.0920. The van der Waals surface area contributed by atoms with Crippen LogP contribution in [0.15, 0.2) is 29.1 Å². The van der Waals surface area contributed by atoms with Crippen LogP contribution in [0.5, 0.6) is 0 Å². The quantitative estimate of drug-likeness (QED) is 0.496. The number of benzene rings is 1. The number of aryl methyl sites for hydroxylation is 1. The average molecular weight is 454 g/mol. The van der Waals surface area contributed by atoms with Gasteiger partial charge < -0.3 is 4.74 Å². The Hall–Kier alpha value is -1.51. The SMILES string of the molecule is Cc1ncsc1C(=O)N(CC1CCCO1)c1nc(-c2ccc(Cl)cc2Cl)cs1. The van der Waals surface area contributed by atoms with Crippen molar-refractivity contribution in [2.75, 3.05) is 18.1 Å². The Morgan fingerprint density at radius 2 is 2.21 bits per heavy atom. The van der Waals surface area contributed by atoms with Crippen LogP contribution in [0.1, 0.15) is 28.2 Å². The number of halogens is 2. The first-order valence-corrected chi connectivity index (χ1v) is 11.3. The van der Waals surface area contributed by atoms with Gasteiger partial charge in [-0.05, 0) is 38.0 Å². The zero-order valence-electron chi connectivity index (χ0n) is 15.0. The highest BCUT2D eigenvalue weighted by Crippen LogP contribution is 2.34. The highest BCUT2D eigenvalue weighted by Gasteiger charge is 2.28. The van der Waals surface area contributed by atoms with Crippen LogP contribution in [0, 0.1) is 6.92 Å². The minimum absolute atomic E-state index is 0.0173. The molecule has 1 amide bonds. The Labute approximate surface area is 180 Å². The molecule has 5 nitrogen and oxygen atoms in total. The first kappa shape index (κ1) is 19.8. The van der Waals surface area contributed by atoms with Gasteiger partial charge in [0.15, 0.2) is 5.13 Å². The number of carbonyl (C=O) groups excluding carboxylic acids is 1. The Kier molecular flexibility index (Phi) is 5.99. The van der Waals surface area contributed by atoms with Crippen LogP contribution in [-0.4, -0.2) is 35.1 Å². The molecule has 1 aliphatic rings. The number of hydrogen-bond donors (Lipinski definition) is 0. The highest BCUT2D eigenvalue weighted by atomic mass is 35.5. The van der Waals surface area contributed by atoms with Gasteiger partial charge in [0.05, 0.1) is 34.6 Å². The van der Waals surface area contributed by atoms with Crippen molar-refractivity contribution in [3.63, 3.8) is 0 Å². The van der Waals surface area contributed by atoms with Crippen LogP contribution in [0.2, 0.25) is 10.0 Å². The van der Waals surface area contributed by atoms with Gasteiger partial charge in [-0.3, -0.25) is 9.69 Å². The van der Waals surface area contributed by atoms with E-state index < -0.39 is 0 Å². The van der Waals surface area contributed by atoms with Crippen molar-refractivity contribution in [1.29, 1.82) is 0 Å². The summed E-state index contributed by atoms with van der Waals surface area (Å²) >= 11 is 15.1. The van der Waals surface area contributed by atoms with E-state index in [2.05, 4.69) is 4.98 Å². The fraction of sp³-hybridized carbons (Fsp3) is 0.316. The molecule has 9 heteroatoms. The number of thiazole rings is 2. The molecule has 1 saturated heterocycles. The Morgan fingerprint density at radius 3 is 2.89 bits per heavy atom. The second kappa shape index (κ2) is 8.47. The van der Waals surface area contributed by atoms with E-state index in [1.807, 2.05) is 18.4 Å². The number of aromatic nitrogens is 2. The molecule has 0 aliphatic carbocycles. The number of nitrogens with zero attached hydrogens (tertiary/aromatic N) is 3. The molecule has 2 aromatic heterocycles. The predicted molar refractivity (Wildman–Crippen MR) is 115 cm³/mol. The molecule has 0 bridgehead atoms. The molecule has 4 rings (SSSR count). The summed E-state index contributed by atoms with van der Waals surface area (Å²) in [4.78, 5) is 24.5. The van der Waals surface area contributed by atoms with Gasteiger partial charge in [-0.15, -0.1) is 22.7 Å². The second-order valence-electron chi connectivity index (χ2n) is 6.46. The normalized spacial score (nSPS) is 16.5. The van der Waals surface area contributed by atoms with Crippen molar-refractivity contribution < 1.29 is 9.53 Å². The van der Waals surface area contributed by atoms with Gasteiger partial charge in [-0.2, -0.15) is 0 Å². The van der Waals surface area contributed by atoms with Gasteiger partial charge in [0.1, 0.15) is 4.88 Å². The standard InChI is InChI=1S/C19H17Cl2N3O2S2/c1-11-17(28-10-22-11)18(25)24(8-13-3-2-6-26-13)19-23-16(9-27-19)14-5-4-12(20)7-15(14)21/h4-5,7,9-10,13H,2-3,6,8H2,1H3. The van der Waals surface area contributed by atoms with Gasteiger partial charge in [0.2, 0.25) is 0 Å². The Bertz CT molecular complexity index is 999. The van der Waals surface area contributed by atoms with Crippen LogP contribution in [0.4, 0.5) is 5.13 Å². The predicted octanol–water partition coefficient (Wildman–Crippen LogP) is 5.71. The van der Waals surface area contributed by atoms with Gasteiger partial charge >= 0.3 is 0 Å². The van der Waals surface area contributed by atoms with E-state index in [0.717, 1.165) is 30.7 Å². The van der Waals surface area contributed by atoms with Gasteiger partial charge in [0, 0.05) is 22.6 Å². The minimum Gasteiger partial charge on any atom is -0.376 e. The molecule has 3 aromatic rings. The van der Waals surface area contributed by atoms with Crippen LogP contribution >= 0.6 is 45.9 Å². The Balaban J connectivity index is 1.67. The lowest BCUT2D eigenvalue weighted by Crippen LogP contribution is -2.37. The number of carbonyl (C=O) groups is 1. The summed E-state index contributed by atoms with van der Waals surface area (Å²) in [6, 6.07) is 5.30. The first-order chi connectivity index (χ1) is 13.5. The third-order valence-electron chi connectivity index (χ3n) is 4.53. The second-order valence-corrected chi connectivity index (χ2v) is 8.99. The van der Waals surface area contributed by atoms with E-state index in [4.69, 9.17) is 32.9 Å². The fourth-order valence-electron chi connectivity index (χ4n) is 3.08. The smallest absolute Gasteiger partial charge is 0.272 e. The molecule has 1 fully saturated rings. The lowest BCUT2D eigenvalue weighted by atomic mass is 10.2. The number of anilines is 1. The molecular weight excluding hydrogens is 437 g/mol. The van der Waals surface area contributed by atoms with E-state index in [-0.39, 0.29) is 12.0 Å². The Morgan fingerprint density at radius 1 is 1.36 bits per heavy atom. The molecule has 28 heavy (non-hydrogen) atoms. The summed E-state index contributed by atoms with van der Waals surface area (Å²) in [6.07, 6.45) is 1.96. The summed E-state index contributed by atoms with van der Waals surface area (Å²) in [5, 5.41) is 3.62. The molecule has 1 atom stereocenters. The largest absolute Gasteiger partial charge is 0.376 e. The van der Waals surface area contributed by atoms with E-state index in [9.17, 15) is 4.79 Å². The molecule has 3 heterocycles. The van der Waals surface area contributed by atoms with Crippen LogP contribution in [0.25, 0.3) is 11.3 Å². The van der Waals surface area contributed by atoms with Crippen molar-refractivity contribution >= 4 is 56.9 Å². The van der Waals surface area contributed by atoms with Crippen LogP contribution in [-0.2, 0) is 4.74 Å². The van der Waals surface area contributed by atoms with Crippen LogP contribution in [0.3, 0.4) is 0 Å². The van der Waals surface area contributed by atoms with Crippen LogP contribution < -0.4 is 4.90 Å². The first-order valence-electron chi connectivity index (χ1n) is 8.77. The molecule has 0 N–H and O–H groups in total. The zero-order valence-corrected chi connectivity index (χ0v) is 18.2. The fourth-order valence-corrected chi connectivity index (χ4v) is 5.17. The van der Waals surface area contributed by atoms with Crippen molar-refractivity contribution in [1.82, 2.24) is 9.97 Å². The molecule has 1 unspecified atom stereocenters. The van der Waals surface area contributed by atoms with Gasteiger partial charge in [0.25, 0.3) is 5.91 Å². The molecule has 1 aromatic carbocycles. The molecule has 0 saturated carbocycles. The van der Waals surface area contributed by atoms with E-state index in [0.29, 0.717) is 32.3 Å². The topological polar surface area (TPSA) is 55.3 Å². The molecule has 146 valence electrons. The summed E-state index contributed by atoms with van der Waals surface area (Å²) in [5.41, 5.74) is 3.91. The maximum Gasteiger partial charge on any atom is 0.272 e. The maximum atomic E-state index is 13.2. The van der Waals surface area contributed by atoms with E-state index in [1.54, 1.807) is 22.5 Å². The maximum absolute atomic E-state index is 13.2. The van der Waals surface area contributed by atoms with E-state index in [1.165, 1.54) is 22.7 Å². The van der Waals surface area contributed by atoms with Gasteiger partial charge in [-0.1, -0.05) is 23.2 Å². The number of hydrogen-bond acceptors (Lipinski definition) is 6. The number of ether oxygens (including phenoxy) is 1. The summed E-state index contributed by atoms with van der Waals surface area (Å²) in [7, 11) is 0. The summed E-state index contributed by atoms with van der Waals surface area (Å²) < 4.78 is 5.76. The summed E-state index contributed by atoms with van der Waals surface area (Å²) in [6.45, 7) is 3.04. The van der Waals surface area contributed by atoms with Crippen molar-refractivity contribution in [2.24, 2.45) is 0 Å². The monoisotopic (exact) mass is 453 g/mol. The zero-order chi connectivity index (χ0) is 19.7. The number of rotatable bonds is 5.